The minimum absolute atomic E-state index is 0.0287. The number of hydrogen-bond acceptors (Lipinski definition) is 9. The number of carboxylic acid groups (broad SMARTS) is 3. The molecule has 1 aliphatic rings. The van der Waals surface area contributed by atoms with Gasteiger partial charge in [-0.1, -0.05) is 30.5 Å². The van der Waals surface area contributed by atoms with Crippen LogP contribution in [-0.4, -0.2) is 97.2 Å². The van der Waals surface area contributed by atoms with Crippen molar-refractivity contribution in [2.24, 2.45) is 16.5 Å². The number of guanidine groups is 1. The fourth-order valence-corrected chi connectivity index (χ4v) is 4.20. The molecule has 1 amide bonds. The van der Waals surface area contributed by atoms with Gasteiger partial charge in [-0.2, -0.15) is 39.5 Å². The molecular weight excluding hydrogens is 755 g/mol. The predicted molar refractivity (Wildman–Crippen MR) is 171 cm³/mol. The summed E-state index contributed by atoms with van der Waals surface area (Å²) < 4.78 is 95.2. The van der Waals surface area contributed by atoms with E-state index in [1.807, 2.05) is 37.3 Å². The lowest BCUT2D eigenvalue weighted by molar-refractivity contribution is -0.193. The zero-order chi connectivity index (χ0) is 41.4. The van der Waals surface area contributed by atoms with Gasteiger partial charge in [0.15, 0.2) is 5.96 Å². The second kappa shape index (κ2) is 20.3. The summed E-state index contributed by atoms with van der Waals surface area (Å²) in [6, 6.07) is 9.78. The summed E-state index contributed by atoms with van der Waals surface area (Å²) >= 11 is 0. The first-order chi connectivity index (χ1) is 24.8. The Morgan fingerprint density at radius 3 is 1.87 bits per heavy atom. The Morgan fingerprint density at radius 1 is 0.852 bits per heavy atom. The number of anilines is 1. The van der Waals surface area contributed by atoms with Crippen molar-refractivity contribution >= 4 is 46.5 Å². The lowest BCUT2D eigenvalue weighted by Crippen LogP contribution is -2.38. The molecule has 1 saturated carbocycles. The molecule has 2 heterocycles. The van der Waals surface area contributed by atoms with Crippen LogP contribution in [-0.2, 0) is 20.8 Å². The number of nitrogens with two attached hydrogens (primary N) is 2. The number of rotatable bonds is 7. The van der Waals surface area contributed by atoms with Crippen molar-refractivity contribution in [3.63, 3.8) is 0 Å². The molecule has 0 spiro atoms. The summed E-state index contributed by atoms with van der Waals surface area (Å²) in [6.07, 6.45) is -7.07. The molecule has 4 rings (SSSR count). The topological polar surface area (TPSA) is 256 Å². The zero-order valence-electron chi connectivity index (χ0n) is 27.8. The lowest BCUT2D eigenvalue weighted by Gasteiger charge is -2.30. The Bertz CT molecular complexity index is 1700. The SMILES string of the molecule is Cc1ccc2nc(C(=O)NCCc3cccnc3)nc(NC3CCCCC3N=C(N)N)c2c1.O=C(O)C(F)(F)F.O=C(O)C(F)(F)F.O=C(O)C(F)(F)F. The van der Waals surface area contributed by atoms with Gasteiger partial charge < -0.3 is 37.4 Å². The molecule has 2 aromatic heterocycles. The number of aryl methyl sites for hydroxylation is 1. The number of amides is 1. The van der Waals surface area contributed by atoms with Crippen LogP contribution < -0.4 is 22.1 Å². The van der Waals surface area contributed by atoms with Gasteiger partial charge in [-0.15, -0.1) is 0 Å². The molecule has 1 aromatic carbocycles. The largest absolute Gasteiger partial charge is 0.490 e. The number of aliphatic imine (C=N–C) groups is 1. The van der Waals surface area contributed by atoms with Crippen molar-refractivity contribution in [2.75, 3.05) is 11.9 Å². The molecule has 3 aromatic rings. The molecule has 0 radical (unpaired) electrons. The second-order valence-electron chi connectivity index (χ2n) is 10.8. The fraction of sp³-hybridized carbons (Fsp3) is 0.400. The van der Waals surface area contributed by atoms with Gasteiger partial charge in [0.05, 0.1) is 17.6 Å². The normalized spacial score (nSPS) is 15.4. The van der Waals surface area contributed by atoms with E-state index < -0.39 is 36.4 Å². The third-order valence-corrected chi connectivity index (χ3v) is 6.57. The van der Waals surface area contributed by atoms with E-state index in [0.29, 0.717) is 24.3 Å². The fourth-order valence-electron chi connectivity index (χ4n) is 4.20. The van der Waals surface area contributed by atoms with E-state index in [1.54, 1.807) is 12.4 Å². The number of carbonyl (C=O) groups is 4. The van der Waals surface area contributed by atoms with Crippen LogP contribution in [0.5, 0.6) is 0 Å². The summed E-state index contributed by atoms with van der Waals surface area (Å²) in [4.78, 5) is 57.2. The number of nitrogens with one attached hydrogen (secondary N) is 2. The Morgan fingerprint density at radius 2 is 1.39 bits per heavy atom. The molecule has 0 bridgehead atoms. The Kier molecular flexibility index (Phi) is 17.3. The Balaban J connectivity index is 0.000000566. The van der Waals surface area contributed by atoms with Crippen LogP contribution in [0.15, 0.2) is 47.7 Å². The Labute approximate surface area is 298 Å². The van der Waals surface area contributed by atoms with Crippen molar-refractivity contribution < 1.29 is 74.0 Å². The summed E-state index contributed by atoms with van der Waals surface area (Å²) in [5, 5.41) is 28.7. The molecule has 0 saturated heterocycles. The number of halogens is 9. The molecule has 9 N–H and O–H groups in total. The van der Waals surface area contributed by atoms with E-state index in [2.05, 4.69) is 30.6 Å². The second-order valence-corrected chi connectivity index (χ2v) is 10.8. The van der Waals surface area contributed by atoms with Crippen LogP contribution in [0.25, 0.3) is 10.9 Å². The minimum Gasteiger partial charge on any atom is -0.475 e. The van der Waals surface area contributed by atoms with Crippen LogP contribution in [0, 0.1) is 6.92 Å². The number of aliphatic carboxylic acids is 3. The van der Waals surface area contributed by atoms with Crippen molar-refractivity contribution in [3.8, 4) is 0 Å². The number of carboxylic acids is 3. The van der Waals surface area contributed by atoms with Gasteiger partial charge in [-0.05, 0) is 49.9 Å². The summed E-state index contributed by atoms with van der Waals surface area (Å²) in [5.41, 5.74) is 14.2. The molecule has 298 valence electrons. The van der Waals surface area contributed by atoms with E-state index in [0.717, 1.165) is 42.2 Å². The highest BCUT2D eigenvalue weighted by atomic mass is 19.4. The van der Waals surface area contributed by atoms with E-state index in [-0.39, 0.29) is 29.8 Å². The number of hydrogen-bond donors (Lipinski definition) is 7. The average Bonchev–Trinajstić information content (AvgIpc) is 3.05. The van der Waals surface area contributed by atoms with Gasteiger partial charge in [0, 0.05) is 24.3 Å². The molecule has 2 atom stereocenters. The summed E-state index contributed by atoms with van der Waals surface area (Å²) in [6.45, 7) is 2.49. The monoisotopic (exact) mass is 788 g/mol. The summed E-state index contributed by atoms with van der Waals surface area (Å²) in [7, 11) is 0. The van der Waals surface area contributed by atoms with Crippen molar-refractivity contribution in [3.05, 3.63) is 59.7 Å². The smallest absolute Gasteiger partial charge is 0.475 e. The van der Waals surface area contributed by atoms with Crippen LogP contribution in [0.1, 0.15) is 47.4 Å². The van der Waals surface area contributed by atoms with E-state index in [9.17, 15) is 44.3 Å². The first kappa shape index (κ1) is 46.1. The molecule has 1 aliphatic carbocycles. The van der Waals surface area contributed by atoms with Crippen molar-refractivity contribution in [1.29, 1.82) is 0 Å². The maximum absolute atomic E-state index is 12.9. The molecule has 1 fully saturated rings. The van der Waals surface area contributed by atoms with Crippen molar-refractivity contribution in [1.82, 2.24) is 20.3 Å². The minimum atomic E-state index is -5.08. The third kappa shape index (κ3) is 17.0. The highest BCUT2D eigenvalue weighted by Crippen LogP contribution is 2.28. The van der Waals surface area contributed by atoms with E-state index in [1.165, 1.54) is 0 Å². The van der Waals surface area contributed by atoms with Gasteiger partial charge in [0.25, 0.3) is 5.91 Å². The average molecular weight is 789 g/mol. The highest BCUT2D eigenvalue weighted by Gasteiger charge is 2.39. The summed E-state index contributed by atoms with van der Waals surface area (Å²) in [5.74, 6) is -7.73. The van der Waals surface area contributed by atoms with Crippen LogP contribution >= 0.6 is 0 Å². The van der Waals surface area contributed by atoms with Crippen LogP contribution in [0.4, 0.5) is 45.3 Å². The zero-order valence-corrected chi connectivity index (χ0v) is 27.8. The lowest BCUT2D eigenvalue weighted by atomic mass is 9.90. The number of nitrogens with zero attached hydrogens (tertiary/aromatic N) is 4. The molecule has 2 unspecified atom stereocenters. The van der Waals surface area contributed by atoms with Crippen LogP contribution in [0.3, 0.4) is 0 Å². The standard InChI is InChI=1S/C24H30N8O.3C2HF3O2/c1-15-8-9-18-17(13-15)21(30-19-6-2-3-7-20(19)31-24(25)26)32-22(29-18)23(33)28-12-10-16-5-4-11-27-14-16;3*3-2(4,5)1(6)7/h4-5,8-9,11,13-14,19-20H,2-3,6-7,10,12H2,1H3,(H,28,33)(H4,25,26,31)(H,29,30,32);3*(H,6,7). The number of fused-ring (bicyclic) bond motifs is 1. The quantitative estimate of drug-likeness (QED) is 0.101. The Hall–Kier alpha value is -5.97. The molecule has 15 nitrogen and oxygen atoms in total. The number of benzene rings is 1. The maximum Gasteiger partial charge on any atom is 0.490 e. The maximum atomic E-state index is 12.9. The van der Waals surface area contributed by atoms with E-state index in [4.69, 9.17) is 41.2 Å². The predicted octanol–water partition coefficient (Wildman–Crippen LogP) is 4.20. The van der Waals surface area contributed by atoms with Crippen molar-refractivity contribution in [2.45, 2.75) is 69.6 Å². The third-order valence-electron chi connectivity index (χ3n) is 6.57. The highest BCUT2D eigenvalue weighted by molar-refractivity contribution is 5.96. The van der Waals surface area contributed by atoms with Gasteiger partial charge in [0.1, 0.15) is 5.82 Å². The van der Waals surface area contributed by atoms with Crippen LogP contribution in [0.2, 0.25) is 0 Å². The first-order valence-electron chi connectivity index (χ1n) is 15.0. The molecular formula is C30H33F9N8O7. The van der Waals surface area contributed by atoms with Gasteiger partial charge >= 0.3 is 36.4 Å². The van der Waals surface area contributed by atoms with E-state index >= 15 is 0 Å². The van der Waals surface area contributed by atoms with Gasteiger partial charge in [-0.25, -0.2) is 29.3 Å². The molecule has 24 heteroatoms. The first-order valence-corrected chi connectivity index (χ1v) is 15.0. The number of aromatic nitrogens is 3. The number of carbonyl (C=O) groups excluding carboxylic acids is 1. The molecule has 0 aliphatic heterocycles. The number of pyridine rings is 1. The number of alkyl halides is 9. The van der Waals surface area contributed by atoms with Gasteiger partial charge in [-0.3, -0.25) is 9.78 Å². The van der Waals surface area contributed by atoms with Gasteiger partial charge in [0.2, 0.25) is 5.82 Å². The molecule has 54 heavy (non-hydrogen) atoms.